The molecule has 0 radical (unpaired) electrons. The van der Waals surface area contributed by atoms with Crippen LogP contribution in [0.25, 0.3) is 0 Å². The maximum Gasteiger partial charge on any atom is 0.338 e. The second-order valence-corrected chi connectivity index (χ2v) is 4.70. The van der Waals surface area contributed by atoms with E-state index in [2.05, 4.69) is 18.8 Å². The summed E-state index contributed by atoms with van der Waals surface area (Å²) < 4.78 is 5.23. The van der Waals surface area contributed by atoms with Crippen molar-refractivity contribution >= 4 is 17.6 Å². The molecule has 1 aromatic rings. The molecule has 0 aromatic carbocycles. The first-order valence-electron chi connectivity index (χ1n) is 5.84. The molecular formula is C13H18ClNO2. The molecule has 0 amide bonds. The van der Waals surface area contributed by atoms with Crippen molar-refractivity contribution in [2.45, 2.75) is 33.6 Å². The number of pyridine rings is 1. The van der Waals surface area contributed by atoms with Crippen molar-refractivity contribution in [3.8, 4) is 0 Å². The molecule has 0 spiro atoms. The number of esters is 1. The Labute approximate surface area is 107 Å². The fraction of sp³-hybridized carbons (Fsp3) is 0.538. The molecule has 0 aliphatic rings. The van der Waals surface area contributed by atoms with E-state index in [1.165, 1.54) is 6.07 Å². The molecule has 0 N–H and O–H groups in total. The third-order valence-electron chi connectivity index (χ3n) is 2.44. The van der Waals surface area contributed by atoms with Crippen LogP contribution in [0, 0.1) is 12.8 Å². The zero-order valence-electron chi connectivity index (χ0n) is 10.5. The summed E-state index contributed by atoms with van der Waals surface area (Å²) in [7, 11) is 0. The Morgan fingerprint density at radius 1 is 1.53 bits per heavy atom. The third-order valence-corrected chi connectivity index (χ3v) is 2.63. The first-order valence-corrected chi connectivity index (χ1v) is 6.22. The Balaban J connectivity index is 2.58. The number of hydrogen-bond acceptors (Lipinski definition) is 3. The highest BCUT2D eigenvalue weighted by Crippen LogP contribution is 2.13. The average Bonchev–Trinajstić information content (AvgIpc) is 2.25. The van der Waals surface area contributed by atoms with Crippen molar-refractivity contribution in [2.75, 3.05) is 6.61 Å². The number of rotatable bonds is 5. The van der Waals surface area contributed by atoms with Crippen LogP contribution >= 0.6 is 11.6 Å². The smallest absolute Gasteiger partial charge is 0.338 e. The van der Waals surface area contributed by atoms with Crippen LogP contribution in [0.2, 0.25) is 5.15 Å². The summed E-state index contributed by atoms with van der Waals surface area (Å²) in [5.41, 5.74) is 1.18. The van der Waals surface area contributed by atoms with Crippen molar-refractivity contribution in [1.29, 1.82) is 0 Å². The maximum absolute atomic E-state index is 11.7. The number of ether oxygens (including phenoxy) is 1. The van der Waals surface area contributed by atoms with Gasteiger partial charge in [-0.2, -0.15) is 0 Å². The van der Waals surface area contributed by atoms with Gasteiger partial charge in [0, 0.05) is 5.69 Å². The van der Waals surface area contributed by atoms with Crippen molar-refractivity contribution in [2.24, 2.45) is 5.92 Å². The van der Waals surface area contributed by atoms with Crippen molar-refractivity contribution < 1.29 is 9.53 Å². The monoisotopic (exact) mass is 255 g/mol. The zero-order chi connectivity index (χ0) is 12.8. The second-order valence-electron chi connectivity index (χ2n) is 4.31. The minimum Gasteiger partial charge on any atom is -0.462 e. The Kier molecular flexibility index (Phi) is 5.42. The SMILES string of the molecule is CCCC(C)COC(=O)c1cc(C)nc(Cl)c1. The Morgan fingerprint density at radius 3 is 2.82 bits per heavy atom. The molecule has 0 bridgehead atoms. The van der Waals surface area contributed by atoms with Gasteiger partial charge in [0.05, 0.1) is 12.2 Å². The lowest BCUT2D eigenvalue weighted by Gasteiger charge is -2.11. The van der Waals surface area contributed by atoms with Gasteiger partial charge in [-0.05, 0) is 31.4 Å². The Morgan fingerprint density at radius 2 is 2.24 bits per heavy atom. The molecule has 17 heavy (non-hydrogen) atoms. The summed E-state index contributed by atoms with van der Waals surface area (Å²) in [6, 6.07) is 3.21. The molecular weight excluding hydrogens is 238 g/mol. The van der Waals surface area contributed by atoms with E-state index in [9.17, 15) is 4.79 Å². The normalized spacial score (nSPS) is 12.2. The lowest BCUT2D eigenvalue weighted by atomic mass is 10.1. The lowest BCUT2D eigenvalue weighted by molar-refractivity contribution is 0.0443. The summed E-state index contributed by atoms with van der Waals surface area (Å²) in [5, 5.41) is 0.318. The van der Waals surface area contributed by atoms with Crippen LogP contribution in [-0.4, -0.2) is 17.6 Å². The Hall–Kier alpha value is -1.09. The molecule has 0 saturated heterocycles. The summed E-state index contributed by atoms with van der Waals surface area (Å²) in [5.74, 6) is 0.0581. The summed E-state index contributed by atoms with van der Waals surface area (Å²) >= 11 is 5.79. The number of aromatic nitrogens is 1. The van der Waals surface area contributed by atoms with E-state index in [0.717, 1.165) is 12.8 Å². The highest BCUT2D eigenvalue weighted by atomic mass is 35.5. The zero-order valence-corrected chi connectivity index (χ0v) is 11.3. The molecule has 0 saturated carbocycles. The van der Waals surface area contributed by atoms with Crippen LogP contribution in [0.4, 0.5) is 0 Å². The largest absolute Gasteiger partial charge is 0.462 e. The predicted molar refractivity (Wildman–Crippen MR) is 68.3 cm³/mol. The van der Waals surface area contributed by atoms with Gasteiger partial charge in [0.1, 0.15) is 5.15 Å². The lowest BCUT2D eigenvalue weighted by Crippen LogP contribution is -2.12. The van der Waals surface area contributed by atoms with Gasteiger partial charge in [0.15, 0.2) is 0 Å². The minimum atomic E-state index is -0.333. The van der Waals surface area contributed by atoms with E-state index in [1.807, 2.05) is 0 Å². The van der Waals surface area contributed by atoms with Crippen LogP contribution in [0.3, 0.4) is 0 Å². The van der Waals surface area contributed by atoms with Crippen LogP contribution < -0.4 is 0 Å². The highest BCUT2D eigenvalue weighted by molar-refractivity contribution is 6.29. The quantitative estimate of drug-likeness (QED) is 0.596. The van der Waals surface area contributed by atoms with E-state index in [-0.39, 0.29) is 5.97 Å². The molecule has 4 heteroatoms. The topological polar surface area (TPSA) is 39.2 Å². The van der Waals surface area contributed by atoms with E-state index in [1.54, 1.807) is 13.0 Å². The number of halogens is 1. The average molecular weight is 256 g/mol. The number of carbonyl (C=O) groups excluding carboxylic acids is 1. The number of nitrogens with zero attached hydrogens (tertiary/aromatic N) is 1. The Bertz CT molecular complexity index is 373. The fourth-order valence-corrected chi connectivity index (χ4v) is 1.87. The predicted octanol–water partition coefficient (Wildman–Crippen LogP) is 3.64. The van der Waals surface area contributed by atoms with E-state index in [0.29, 0.717) is 28.9 Å². The van der Waals surface area contributed by atoms with Crippen LogP contribution in [0.15, 0.2) is 12.1 Å². The second kappa shape index (κ2) is 6.60. The number of aryl methyl sites for hydroxylation is 1. The van der Waals surface area contributed by atoms with Crippen molar-refractivity contribution in [3.05, 3.63) is 28.5 Å². The maximum atomic E-state index is 11.7. The third kappa shape index (κ3) is 4.73. The molecule has 3 nitrogen and oxygen atoms in total. The van der Waals surface area contributed by atoms with Gasteiger partial charge in [-0.25, -0.2) is 9.78 Å². The van der Waals surface area contributed by atoms with Gasteiger partial charge in [-0.3, -0.25) is 0 Å². The van der Waals surface area contributed by atoms with Crippen LogP contribution in [0.1, 0.15) is 42.7 Å². The molecule has 0 fully saturated rings. The standard InChI is InChI=1S/C13H18ClNO2/c1-4-5-9(2)8-17-13(16)11-6-10(3)15-12(14)7-11/h6-7,9H,4-5,8H2,1-3H3. The van der Waals surface area contributed by atoms with Crippen LogP contribution in [0.5, 0.6) is 0 Å². The number of carbonyl (C=O) groups is 1. The summed E-state index contributed by atoms with van der Waals surface area (Å²) in [4.78, 5) is 15.7. The van der Waals surface area contributed by atoms with Crippen molar-refractivity contribution in [1.82, 2.24) is 4.98 Å². The molecule has 0 aliphatic heterocycles. The minimum absolute atomic E-state index is 0.318. The van der Waals surface area contributed by atoms with Crippen LogP contribution in [-0.2, 0) is 4.74 Å². The highest BCUT2D eigenvalue weighted by Gasteiger charge is 2.11. The van der Waals surface area contributed by atoms with Gasteiger partial charge in [-0.1, -0.05) is 31.9 Å². The van der Waals surface area contributed by atoms with Gasteiger partial charge in [0.25, 0.3) is 0 Å². The van der Waals surface area contributed by atoms with Gasteiger partial charge in [0.2, 0.25) is 0 Å². The molecule has 1 atom stereocenters. The molecule has 1 rings (SSSR count). The van der Waals surface area contributed by atoms with E-state index < -0.39 is 0 Å². The van der Waals surface area contributed by atoms with Gasteiger partial charge in [-0.15, -0.1) is 0 Å². The molecule has 1 aromatic heterocycles. The molecule has 1 heterocycles. The summed E-state index contributed by atoms with van der Waals surface area (Å²) in [6.45, 7) is 6.43. The number of hydrogen-bond donors (Lipinski definition) is 0. The van der Waals surface area contributed by atoms with E-state index >= 15 is 0 Å². The van der Waals surface area contributed by atoms with Gasteiger partial charge < -0.3 is 4.74 Å². The molecule has 1 unspecified atom stereocenters. The first-order chi connectivity index (χ1) is 8.02. The van der Waals surface area contributed by atoms with Crippen molar-refractivity contribution in [3.63, 3.8) is 0 Å². The molecule has 94 valence electrons. The first kappa shape index (κ1) is 14.0. The molecule has 0 aliphatic carbocycles. The summed E-state index contributed by atoms with van der Waals surface area (Å²) in [6.07, 6.45) is 2.16. The van der Waals surface area contributed by atoms with Gasteiger partial charge >= 0.3 is 5.97 Å². The fourth-order valence-electron chi connectivity index (χ4n) is 1.62. The van der Waals surface area contributed by atoms with E-state index in [4.69, 9.17) is 16.3 Å².